The number of phenolic OH excluding ortho intramolecular Hbond substituents is 1. The monoisotopic (exact) mass is 241 g/mol. The first kappa shape index (κ1) is 9.80. The molecule has 0 saturated carbocycles. The van der Waals surface area contributed by atoms with Crippen molar-refractivity contribution in [2.75, 3.05) is 5.32 Å². The van der Waals surface area contributed by atoms with E-state index < -0.39 is 0 Å². The molecule has 1 aromatic carbocycles. The fourth-order valence-electron chi connectivity index (χ4n) is 0.769. The average molecular weight is 242 g/mol. The number of phenols is 1. The zero-order chi connectivity index (χ0) is 9.84. The van der Waals surface area contributed by atoms with Crippen LogP contribution in [-0.2, 0) is 4.79 Å². The first-order valence-electron chi connectivity index (χ1n) is 3.55. The van der Waals surface area contributed by atoms with Crippen LogP contribution in [0.3, 0.4) is 0 Å². The van der Waals surface area contributed by atoms with Crippen LogP contribution in [-0.4, -0.2) is 11.0 Å². The van der Waals surface area contributed by atoms with Gasteiger partial charge in [-0.1, -0.05) is 18.7 Å². The molecule has 1 aromatic rings. The second kappa shape index (κ2) is 4.09. The van der Waals surface area contributed by atoms with E-state index in [0.717, 1.165) is 0 Å². The lowest BCUT2D eigenvalue weighted by Crippen LogP contribution is -2.10. The topological polar surface area (TPSA) is 49.3 Å². The summed E-state index contributed by atoms with van der Waals surface area (Å²) < 4.78 is 0.218. The van der Waals surface area contributed by atoms with Gasteiger partial charge in [0.1, 0.15) is 5.75 Å². The van der Waals surface area contributed by atoms with Gasteiger partial charge < -0.3 is 10.4 Å². The van der Waals surface area contributed by atoms with Gasteiger partial charge in [0, 0.05) is 0 Å². The highest BCUT2D eigenvalue weighted by Crippen LogP contribution is 2.22. The van der Waals surface area contributed by atoms with E-state index in [0.29, 0.717) is 5.69 Å². The molecule has 1 amide bonds. The third kappa shape index (κ3) is 2.59. The SMILES string of the molecule is C=C(Br)C(=O)Nc1ccccc1O. The van der Waals surface area contributed by atoms with E-state index in [-0.39, 0.29) is 16.1 Å². The van der Waals surface area contributed by atoms with Crippen molar-refractivity contribution in [3.05, 3.63) is 35.3 Å². The molecule has 0 aliphatic rings. The molecule has 4 heteroatoms. The second-order valence-corrected chi connectivity index (χ2v) is 3.33. The highest BCUT2D eigenvalue weighted by molar-refractivity contribution is 9.12. The lowest BCUT2D eigenvalue weighted by Gasteiger charge is -2.04. The number of rotatable bonds is 2. The van der Waals surface area contributed by atoms with Gasteiger partial charge in [0.05, 0.1) is 10.2 Å². The van der Waals surface area contributed by atoms with Gasteiger partial charge in [-0.05, 0) is 28.1 Å². The lowest BCUT2D eigenvalue weighted by molar-refractivity contribution is -0.112. The molecule has 0 aliphatic heterocycles. The molecule has 0 radical (unpaired) electrons. The number of para-hydroxylation sites is 2. The fourth-order valence-corrected chi connectivity index (χ4v) is 0.869. The van der Waals surface area contributed by atoms with Gasteiger partial charge in [0.15, 0.2) is 0 Å². The summed E-state index contributed by atoms with van der Waals surface area (Å²) in [6.45, 7) is 3.40. The van der Waals surface area contributed by atoms with Crippen LogP contribution in [0.4, 0.5) is 5.69 Å². The standard InChI is InChI=1S/C9H8BrNO2/c1-6(10)9(13)11-7-4-2-3-5-8(7)12/h2-5,12H,1H2,(H,11,13). The zero-order valence-corrected chi connectivity index (χ0v) is 8.34. The minimum absolute atomic E-state index is 0.0320. The van der Waals surface area contributed by atoms with Crippen LogP contribution in [0, 0.1) is 0 Å². The van der Waals surface area contributed by atoms with Crippen molar-refractivity contribution < 1.29 is 9.90 Å². The molecule has 13 heavy (non-hydrogen) atoms. The predicted molar refractivity (Wildman–Crippen MR) is 54.8 cm³/mol. The molecule has 0 saturated heterocycles. The smallest absolute Gasteiger partial charge is 0.262 e. The van der Waals surface area contributed by atoms with Crippen molar-refractivity contribution in [1.29, 1.82) is 0 Å². The Balaban J connectivity index is 2.81. The quantitative estimate of drug-likeness (QED) is 0.617. The fraction of sp³-hybridized carbons (Fsp3) is 0. The Morgan fingerprint density at radius 1 is 1.46 bits per heavy atom. The van der Waals surface area contributed by atoms with E-state index >= 15 is 0 Å². The molecule has 0 atom stereocenters. The predicted octanol–water partition coefficient (Wildman–Crippen LogP) is 2.24. The molecule has 0 spiro atoms. The number of carbonyl (C=O) groups excluding carboxylic acids is 1. The van der Waals surface area contributed by atoms with Gasteiger partial charge in [-0.2, -0.15) is 0 Å². The highest BCUT2D eigenvalue weighted by atomic mass is 79.9. The van der Waals surface area contributed by atoms with E-state index in [1.54, 1.807) is 18.2 Å². The van der Waals surface area contributed by atoms with Crippen molar-refractivity contribution in [3.63, 3.8) is 0 Å². The van der Waals surface area contributed by atoms with Crippen molar-refractivity contribution in [2.24, 2.45) is 0 Å². The summed E-state index contributed by atoms with van der Waals surface area (Å²) in [6.07, 6.45) is 0. The normalized spacial score (nSPS) is 9.31. The van der Waals surface area contributed by atoms with Gasteiger partial charge >= 0.3 is 0 Å². The summed E-state index contributed by atoms with van der Waals surface area (Å²) >= 11 is 2.93. The number of carbonyl (C=O) groups is 1. The number of nitrogens with one attached hydrogen (secondary N) is 1. The third-order valence-corrected chi connectivity index (χ3v) is 1.76. The van der Waals surface area contributed by atoms with E-state index in [2.05, 4.69) is 27.8 Å². The number of aromatic hydroxyl groups is 1. The molecule has 0 bridgehead atoms. The number of halogens is 1. The first-order chi connectivity index (χ1) is 6.11. The van der Waals surface area contributed by atoms with Gasteiger partial charge in [0.25, 0.3) is 5.91 Å². The maximum Gasteiger partial charge on any atom is 0.262 e. The number of amides is 1. The molecule has 0 aromatic heterocycles. The van der Waals surface area contributed by atoms with Gasteiger partial charge in [-0.15, -0.1) is 0 Å². The van der Waals surface area contributed by atoms with Crippen molar-refractivity contribution in [1.82, 2.24) is 0 Å². The van der Waals surface area contributed by atoms with Crippen LogP contribution in [0.15, 0.2) is 35.3 Å². The number of hydrogen-bond donors (Lipinski definition) is 2. The molecular formula is C9H8BrNO2. The number of benzene rings is 1. The van der Waals surface area contributed by atoms with Crippen LogP contribution in [0.25, 0.3) is 0 Å². The molecule has 0 fully saturated rings. The van der Waals surface area contributed by atoms with Crippen LogP contribution >= 0.6 is 15.9 Å². The van der Waals surface area contributed by atoms with Gasteiger partial charge in [-0.3, -0.25) is 4.79 Å². The van der Waals surface area contributed by atoms with E-state index in [1.807, 2.05) is 0 Å². The summed E-state index contributed by atoms with van der Waals surface area (Å²) in [6, 6.07) is 6.48. The number of hydrogen-bond acceptors (Lipinski definition) is 2. The minimum Gasteiger partial charge on any atom is -0.506 e. The van der Waals surface area contributed by atoms with E-state index in [4.69, 9.17) is 0 Å². The van der Waals surface area contributed by atoms with Gasteiger partial charge in [0.2, 0.25) is 0 Å². The maximum atomic E-state index is 11.1. The van der Waals surface area contributed by atoms with Crippen LogP contribution < -0.4 is 5.32 Å². The molecular weight excluding hydrogens is 234 g/mol. The Morgan fingerprint density at radius 2 is 2.08 bits per heavy atom. The Bertz CT molecular complexity index is 349. The summed E-state index contributed by atoms with van der Waals surface area (Å²) in [5.41, 5.74) is 0.369. The molecule has 0 unspecified atom stereocenters. The molecule has 68 valence electrons. The summed E-state index contributed by atoms with van der Waals surface area (Å²) in [4.78, 5) is 11.1. The largest absolute Gasteiger partial charge is 0.506 e. The Labute approximate surface area is 84.2 Å². The highest BCUT2D eigenvalue weighted by Gasteiger charge is 2.05. The van der Waals surface area contributed by atoms with Crippen molar-refractivity contribution >= 4 is 27.5 Å². The Morgan fingerprint density at radius 3 is 2.62 bits per heavy atom. The summed E-state index contributed by atoms with van der Waals surface area (Å²) in [7, 11) is 0. The Hall–Kier alpha value is -1.29. The Kier molecular flexibility index (Phi) is 3.08. The molecule has 3 nitrogen and oxygen atoms in total. The van der Waals surface area contributed by atoms with Crippen molar-refractivity contribution in [2.45, 2.75) is 0 Å². The molecule has 2 N–H and O–H groups in total. The second-order valence-electron chi connectivity index (χ2n) is 2.38. The van der Waals surface area contributed by atoms with E-state index in [1.165, 1.54) is 6.07 Å². The van der Waals surface area contributed by atoms with Crippen LogP contribution in [0.1, 0.15) is 0 Å². The van der Waals surface area contributed by atoms with E-state index in [9.17, 15) is 9.90 Å². The molecule has 1 rings (SSSR count). The first-order valence-corrected chi connectivity index (χ1v) is 4.34. The maximum absolute atomic E-state index is 11.1. The van der Waals surface area contributed by atoms with Crippen molar-refractivity contribution in [3.8, 4) is 5.75 Å². The third-order valence-electron chi connectivity index (χ3n) is 1.40. The lowest BCUT2D eigenvalue weighted by atomic mass is 10.3. The summed E-state index contributed by atoms with van der Waals surface area (Å²) in [5.74, 6) is -0.342. The average Bonchev–Trinajstić information content (AvgIpc) is 2.08. The van der Waals surface area contributed by atoms with Crippen LogP contribution in [0.5, 0.6) is 5.75 Å². The van der Waals surface area contributed by atoms with Crippen LogP contribution in [0.2, 0.25) is 0 Å². The molecule has 0 aliphatic carbocycles. The zero-order valence-electron chi connectivity index (χ0n) is 6.75. The summed E-state index contributed by atoms with van der Waals surface area (Å²) in [5, 5.41) is 11.8. The molecule has 0 heterocycles. The number of anilines is 1. The minimum atomic E-state index is -0.374. The van der Waals surface area contributed by atoms with Gasteiger partial charge in [-0.25, -0.2) is 0 Å².